The first-order chi connectivity index (χ1) is 8.20. The van der Waals surface area contributed by atoms with E-state index in [2.05, 4.69) is 15.3 Å². The molecule has 17 heavy (non-hydrogen) atoms. The SMILES string of the molecule is COc1cccc(/C=N\n2c(C)n[nH]c2=S)c1. The lowest BCUT2D eigenvalue weighted by atomic mass is 10.2. The summed E-state index contributed by atoms with van der Waals surface area (Å²) in [6.07, 6.45) is 1.71. The highest BCUT2D eigenvalue weighted by molar-refractivity contribution is 7.71. The molecule has 1 N–H and O–H groups in total. The van der Waals surface area contributed by atoms with Crippen LogP contribution >= 0.6 is 12.2 Å². The predicted molar refractivity (Wildman–Crippen MR) is 68.1 cm³/mol. The second-order valence-corrected chi connectivity index (χ2v) is 3.80. The Morgan fingerprint density at radius 2 is 2.35 bits per heavy atom. The maximum absolute atomic E-state index is 5.13. The molecule has 0 saturated carbocycles. The molecule has 0 amide bonds. The van der Waals surface area contributed by atoms with E-state index < -0.39 is 0 Å². The van der Waals surface area contributed by atoms with Crippen molar-refractivity contribution < 1.29 is 4.74 Å². The van der Waals surface area contributed by atoms with E-state index in [-0.39, 0.29) is 0 Å². The lowest BCUT2D eigenvalue weighted by Gasteiger charge is -1.99. The molecule has 0 spiro atoms. The molecule has 0 bridgehead atoms. The molecule has 0 fully saturated rings. The molecule has 5 nitrogen and oxygen atoms in total. The van der Waals surface area contributed by atoms with Crippen LogP contribution in [0.25, 0.3) is 0 Å². The number of aromatic amines is 1. The Morgan fingerprint density at radius 1 is 1.53 bits per heavy atom. The Labute approximate surface area is 104 Å². The topological polar surface area (TPSA) is 55.2 Å². The lowest BCUT2D eigenvalue weighted by molar-refractivity contribution is 0.415. The van der Waals surface area contributed by atoms with E-state index in [1.54, 1.807) is 18.0 Å². The molecule has 1 aromatic carbocycles. The van der Waals surface area contributed by atoms with E-state index in [9.17, 15) is 0 Å². The van der Waals surface area contributed by atoms with Crippen LogP contribution < -0.4 is 4.74 Å². The van der Waals surface area contributed by atoms with E-state index >= 15 is 0 Å². The summed E-state index contributed by atoms with van der Waals surface area (Å²) < 4.78 is 7.17. The van der Waals surface area contributed by atoms with Gasteiger partial charge >= 0.3 is 0 Å². The average Bonchev–Trinajstić information content (AvgIpc) is 2.67. The molecule has 2 aromatic rings. The number of nitrogens with one attached hydrogen (secondary N) is 1. The first-order valence-electron chi connectivity index (χ1n) is 5.03. The largest absolute Gasteiger partial charge is 0.497 e. The van der Waals surface area contributed by atoms with Gasteiger partial charge in [0.1, 0.15) is 11.6 Å². The second-order valence-electron chi connectivity index (χ2n) is 3.41. The minimum Gasteiger partial charge on any atom is -0.497 e. The van der Waals surface area contributed by atoms with Gasteiger partial charge in [0, 0.05) is 0 Å². The third-order valence-electron chi connectivity index (χ3n) is 2.23. The zero-order valence-corrected chi connectivity index (χ0v) is 10.4. The standard InChI is InChI=1S/C11H12N4OS/c1-8-13-14-11(17)15(8)12-7-9-4-3-5-10(6-9)16-2/h3-7H,1-2H3,(H,14,17)/b12-7-. The number of ether oxygens (including phenoxy) is 1. The summed E-state index contributed by atoms with van der Waals surface area (Å²) in [4.78, 5) is 0. The highest BCUT2D eigenvalue weighted by atomic mass is 32.1. The first-order valence-corrected chi connectivity index (χ1v) is 5.44. The normalized spacial score (nSPS) is 10.9. The summed E-state index contributed by atoms with van der Waals surface area (Å²) in [7, 11) is 1.63. The van der Waals surface area contributed by atoms with E-state index in [1.165, 1.54) is 0 Å². The monoisotopic (exact) mass is 248 g/mol. The molecule has 0 aliphatic rings. The Balaban J connectivity index is 2.29. The number of nitrogens with zero attached hydrogens (tertiary/aromatic N) is 3. The highest BCUT2D eigenvalue weighted by Crippen LogP contribution is 2.10. The minimum absolute atomic E-state index is 0.474. The fraction of sp³-hybridized carbons (Fsp3) is 0.182. The van der Waals surface area contributed by atoms with E-state index in [0.717, 1.165) is 11.3 Å². The summed E-state index contributed by atoms with van der Waals surface area (Å²) in [5, 5.41) is 10.9. The van der Waals surface area contributed by atoms with Gasteiger partial charge in [0.15, 0.2) is 0 Å². The summed E-state index contributed by atoms with van der Waals surface area (Å²) in [6, 6.07) is 7.61. The number of hydrogen-bond donors (Lipinski definition) is 1. The maximum Gasteiger partial charge on any atom is 0.216 e. The van der Waals surface area contributed by atoms with E-state index in [1.807, 2.05) is 31.2 Å². The average molecular weight is 248 g/mol. The molecule has 0 aliphatic carbocycles. The van der Waals surface area contributed by atoms with Crippen molar-refractivity contribution in [3.8, 4) is 5.75 Å². The van der Waals surface area contributed by atoms with E-state index in [0.29, 0.717) is 10.6 Å². The van der Waals surface area contributed by atoms with Crippen molar-refractivity contribution in [2.24, 2.45) is 5.10 Å². The second kappa shape index (κ2) is 4.92. The van der Waals surface area contributed by atoms with Crippen molar-refractivity contribution in [1.82, 2.24) is 14.9 Å². The van der Waals surface area contributed by atoms with Crippen LogP contribution in [0.4, 0.5) is 0 Å². The summed E-state index contributed by atoms with van der Waals surface area (Å²) in [5.41, 5.74) is 0.937. The van der Waals surface area contributed by atoms with Crippen molar-refractivity contribution in [3.63, 3.8) is 0 Å². The van der Waals surface area contributed by atoms with Crippen LogP contribution in [0.1, 0.15) is 11.4 Å². The van der Waals surface area contributed by atoms with Crippen LogP contribution in [-0.2, 0) is 0 Å². The van der Waals surface area contributed by atoms with Gasteiger partial charge < -0.3 is 4.74 Å². The first kappa shape index (κ1) is 11.5. The molecule has 0 unspecified atom stereocenters. The number of methoxy groups -OCH3 is 1. The van der Waals surface area contributed by atoms with Crippen molar-refractivity contribution in [1.29, 1.82) is 0 Å². The van der Waals surface area contributed by atoms with Gasteiger partial charge in [-0.2, -0.15) is 14.9 Å². The van der Waals surface area contributed by atoms with Crippen LogP contribution in [0.3, 0.4) is 0 Å². The highest BCUT2D eigenvalue weighted by Gasteiger charge is 1.97. The number of H-pyrrole nitrogens is 1. The van der Waals surface area contributed by atoms with Crippen molar-refractivity contribution in [3.05, 3.63) is 40.4 Å². The van der Waals surface area contributed by atoms with Crippen LogP contribution in [-0.4, -0.2) is 28.2 Å². The number of hydrogen-bond acceptors (Lipinski definition) is 4. The molecular formula is C11H12N4OS. The predicted octanol–water partition coefficient (Wildman–Crippen LogP) is 2.14. The van der Waals surface area contributed by atoms with Crippen molar-refractivity contribution in [2.75, 3.05) is 7.11 Å². The fourth-order valence-corrected chi connectivity index (χ4v) is 1.58. The molecule has 0 saturated heterocycles. The molecule has 0 atom stereocenters. The van der Waals surface area contributed by atoms with Gasteiger partial charge in [-0.15, -0.1) is 0 Å². The summed E-state index contributed by atoms with van der Waals surface area (Å²) in [5.74, 6) is 1.51. The number of aromatic nitrogens is 3. The van der Waals surface area contributed by atoms with Gasteiger partial charge in [-0.05, 0) is 36.8 Å². The third-order valence-corrected chi connectivity index (χ3v) is 2.49. The molecule has 0 aliphatic heterocycles. The smallest absolute Gasteiger partial charge is 0.216 e. The number of benzene rings is 1. The van der Waals surface area contributed by atoms with Gasteiger partial charge in [-0.25, -0.2) is 0 Å². The number of rotatable bonds is 3. The molecule has 1 aromatic heterocycles. The number of aryl methyl sites for hydroxylation is 1. The van der Waals surface area contributed by atoms with Gasteiger partial charge in [-0.3, -0.25) is 5.10 Å². The van der Waals surface area contributed by atoms with E-state index in [4.69, 9.17) is 17.0 Å². The zero-order chi connectivity index (χ0) is 12.3. The molecule has 2 rings (SSSR count). The van der Waals surface area contributed by atoms with Gasteiger partial charge in [0.25, 0.3) is 0 Å². The van der Waals surface area contributed by atoms with Gasteiger partial charge in [0.2, 0.25) is 4.77 Å². The van der Waals surface area contributed by atoms with Crippen LogP contribution in [0.5, 0.6) is 5.75 Å². The quantitative estimate of drug-likeness (QED) is 0.668. The zero-order valence-electron chi connectivity index (χ0n) is 9.54. The maximum atomic E-state index is 5.13. The Bertz CT molecular complexity index is 600. The molecule has 88 valence electrons. The fourth-order valence-electron chi connectivity index (χ4n) is 1.35. The van der Waals surface area contributed by atoms with Crippen molar-refractivity contribution in [2.45, 2.75) is 6.92 Å². The van der Waals surface area contributed by atoms with Crippen molar-refractivity contribution >= 4 is 18.4 Å². The molecule has 6 heteroatoms. The Hall–Kier alpha value is -1.95. The molecular weight excluding hydrogens is 236 g/mol. The molecule has 1 heterocycles. The summed E-state index contributed by atoms with van der Waals surface area (Å²) in [6.45, 7) is 1.83. The van der Waals surface area contributed by atoms with Crippen LogP contribution in [0, 0.1) is 11.7 Å². The summed E-state index contributed by atoms with van der Waals surface area (Å²) >= 11 is 5.04. The molecule has 0 radical (unpaired) electrons. The third kappa shape index (κ3) is 2.59. The lowest BCUT2D eigenvalue weighted by Crippen LogP contribution is -1.94. The van der Waals surface area contributed by atoms with Crippen LogP contribution in [0.15, 0.2) is 29.4 Å². The Morgan fingerprint density at radius 3 is 3.00 bits per heavy atom. The van der Waals surface area contributed by atoms with Crippen LogP contribution in [0.2, 0.25) is 0 Å². The Kier molecular flexibility index (Phi) is 3.34. The minimum atomic E-state index is 0.474. The van der Waals surface area contributed by atoms with Gasteiger partial charge in [0.05, 0.1) is 13.3 Å². The van der Waals surface area contributed by atoms with Gasteiger partial charge in [-0.1, -0.05) is 12.1 Å².